The molecule has 3 aromatic carbocycles. The molecular formula is C25H16F4N2O3S2. The highest BCUT2D eigenvalue weighted by Crippen LogP contribution is 2.36. The number of benzene rings is 3. The fourth-order valence-corrected chi connectivity index (χ4v) is 4.60. The van der Waals surface area contributed by atoms with Gasteiger partial charge in [-0.3, -0.25) is 14.5 Å². The summed E-state index contributed by atoms with van der Waals surface area (Å²) in [7, 11) is 0. The molecule has 1 fully saturated rings. The van der Waals surface area contributed by atoms with Crippen LogP contribution in [-0.2, 0) is 15.8 Å². The second kappa shape index (κ2) is 10.5. The third-order valence-corrected chi connectivity index (χ3v) is 6.21. The molecule has 184 valence electrons. The van der Waals surface area contributed by atoms with Gasteiger partial charge < -0.3 is 10.1 Å². The number of alkyl halides is 3. The summed E-state index contributed by atoms with van der Waals surface area (Å²) in [6.45, 7) is -0.525. The highest BCUT2D eigenvalue weighted by atomic mass is 32.2. The van der Waals surface area contributed by atoms with Crippen LogP contribution in [0.1, 0.15) is 11.1 Å². The first-order valence-electron chi connectivity index (χ1n) is 10.3. The monoisotopic (exact) mass is 532 g/mol. The highest BCUT2D eigenvalue weighted by molar-refractivity contribution is 8.27. The summed E-state index contributed by atoms with van der Waals surface area (Å²) in [5, 5.41) is 2.21. The molecule has 4 rings (SSSR count). The number of nitrogens with one attached hydrogen (secondary N) is 1. The SMILES string of the molecule is O=C(COc1cccc(/C=C2\SC(=S)N(c3ccc(F)cc3)C2=O)c1)Nc1ccccc1C(F)(F)F. The maximum absolute atomic E-state index is 13.2. The zero-order valence-corrected chi connectivity index (χ0v) is 19.8. The van der Waals surface area contributed by atoms with Gasteiger partial charge in [-0.2, -0.15) is 13.2 Å². The number of rotatable bonds is 6. The van der Waals surface area contributed by atoms with Crippen molar-refractivity contribution < 1.29 is 31.9 Å². The van der Waals surface area contributed by atoms with Crippen molar-refractivity contribution in [1.29, 1.82) is 0 Å². The maximum atomic E-state index is 13.2. The quantitative estimate of drug-likeness (QED) is 0.231. The number of hydrogen-bond acceptors (Lipinski definition) is 5. The average molecular weight is 533 g/mol. The van der Waals surface area contributed by atoms with Crippen LogP contribution in [0.15, 0.2) is 77.7 Å². The molecule has 1 N–H and O–H groups in total. The standard InChI is InChI=1S/C25H16F4N2O3S2/c26-16-8-10-17(11-9-16)31-23(33)21(36-24(31)35)13-15-4-3-5-18(12-15)34-14-22(32)30-20-7-2-1-6-19(20)25(27,28)29/h1-13H,14H2,(H,30,32)/b21-13-. The Kier molecular flexibility index (Phi) is 7.41. The van der Waals surface area contributed by atoms with Gasteiger partial charge in [-0.1, -0.05) is 48.2 Å². The molecule has 5 nitrogen and oxygen atoms in total. The fraction of sp³-hybridized carbons (Fsp3) is 0.0800. The van der Waals surface area contributed by atoms with Crippen molar-refractivity contribution in [1.82, 2.24) is 0 Å². The Labute approximate surface area is 212 Å². The molecule has 36 heavy (non-hydrogen) atoms. The predicted octanol–water partition coefficient (Wildman–Crippen LogP) is 6.27. The van der Waals surface area contributed by atoms with E-state index in [9.17, 15) is 27.2 Å². The van der Waals surface area contributed by atoms with Crippen LogP contribution in [0.4, 0.5) is 28.9 Å². The number of carbonyl (C=O) groups is 2. The van der Waals surface area contributed by atoms with Gasteiger partial charge in [0.25, 0.3) is 11.8 Å². The van der Waals surface area contributed by atoms with Gasteiger partial charge in [0.05, 0.1) is 21.8 Å². The first-order chi connectivity index (χ1) is 17.1. The third-order valence-electron chi connectivity index (χ3n) is 4.91. The van der Waals surface area contributed by atoms with Gasteiger partial charge >= 0.3 is 6.18 Å². The van der Waals surface area contributed by atoms with Gasteiger partial charge in [0.2, 0.25) is 0 Å². The molecule has 1 aliphatic heterocycles. The molecule has 0 aliphatic carbocycles. The van der Waals surface area contributed by atoms with Crippen LogP contribution < -0.4 is 15.0 Å². The minimum atomic E-state index is -4.61. The molecule has 0 unspecified atom stereocenters. The van der Waals surface area contributed by atoms with Gasteiger partial charge in [0, 0.05) is 0 Å². The molecule has 2 amide bonds. The van der Waals surface area contributed by atoms with E-state index in [2.05, 4.69) is 5.32 Å². The number of thiocarbonyl (C=S) groups is 1. The lowest BCUT2D eigenvalue weighted by molar-refractivity contribution is -0.137. The van der Waals surface area contributed by atoms with Crippen LogP contribution in [0.2, 0.25) is 0 Å². The molecular weight excluding hydrogens is 516 g/mol. The number of hydrogen-bond donors (Lipinski definition) is 1. The molecule has 0 spiro atoms. The second-order valence-electron chi connectivity index (χ2n) is 7.45. The average Bonchev–Trinajstić information content (AvgIpc) is 3.11. The number of amides is 2. The van der Waals surface area contributed by atoms with Gasteiger partial charge in [0.15, 0.2) is 10.9 Å². The Bertz CT molecular complexity index is 1360. The van der Waals surface area contributed by atoms with Crippen LogP contribution >= 0.6 is 24.0 Å². The number of para-hydroxylation sites is 1. The van der Waals surface area contributed by atoms with Crippen molar-refractivity contribution in [3.63, 3.8) is 0 Å². The first-order valence-corrected chi connectivity index (χ1v) is 11.6. The number of thioether (sulfide) groups is 1. The Morgan fingerprint density at radius 3 is 2.50 bits per heavy atom. The molecule has 3 aromatic rings. The number of carbonyl (C=O) groups excluding carboxylic acids is 2. The van der Waals surface area contributed by atoms with E-state index in [4.69, 9.17) is 17.0 Å². The van der Waals surface area contributed by atoms with Crippen molar-refractivity contribution >= 4 is 57.6 Å². The van der Waals surface area contributed by atoms with Gasteiger partial charge in [-0.25, -0.2) is 4.39 Å². The van der Waals surface area contributed by atoms with Crippen molar-refractivity contribution in [2.75, 3.05) is 16.8 Å². The summed E-state index contributed by atoms with van der Waals surface area (Å²) in [6.07, 6.45) is -3.02. The van der Waals surface area contributed by atoms with Gasteiger partial charge in [-0.05, 0) is 60.2 Å². The summed E-state index contributed by atoms with van der Waals surface area (Å²) in [5.41, 5.74) is -0.304. The number of ether oxygens (including phenoxy) is 1. The normalized spacial score (nSPS) is 14.9. The van der Waals surface area contributed by atoms with E-state index in [-0.39, 0.29) is 17.3 Å². The Morgan fingerprint density at radius 2 is 1.78 bits per heavy atom. The van der Waals surface area contributed by atoms with Crippen LogP contribution in [0.25, 0.3) is 6.08 Å². The Morgan fingerprint density at radius 1 is 1.06 bits per heavy atom. The van der Waals surface area contributed by atoms with Crippen molar-refractivity contribution in [2.24, 2.45) is 0 Å². The molecule has 0 radical (unpaired) electrons. The van der Waals surface area contributed by atoms with Gasteiger partial charge in [-0.15, -0.1) is 0 Å². The fourth-order valence-electron chi connectivity index (χ4n) is 3.30. The van der Waals surface area contributed by atoms with Crippen LogP contribution in [0.3, 0.4) is 0 Å². The summed E-state index contributed by atoms with van der Waals surface area (Å²) >= 11 is 6.38. The number of nitrogens with zero attached hydrogens (tertiary/aromatic N) is 1. The van der Waals surface area contributed by atoms with E-state index in [1.807, 2.05) is 0 Å². The number of anilines is 2. The largest absolute Gasteiger partial charge is 0.484 e. The molecule has 11 heteroatoms. The Balaban J connectivity index is 1.42. The minimum absolute atomic E-state index is 0.275. The van der Waals surface area contributed by atoms with Crippen molar-refractivity contribution in [2.45, 2.75) is 6.18 Å². The lowest BCUT2D eigenvalue weighted by atomic mass is 10.1. The molecule has 1 heterocycles. The lowest BCUT2D eigenvalue weighted by Crippen LogP contribution is -2.27. The van der Waals surface area contributed by atoms with E-state index >= 15 is 0 Å². The zero-order chi connectivity index (χ0) is 25.9. The first kappa shape index (κ1) is 25.4. The zero-order valence-electron chi connectivity index (χ0n) is 18.2. The summed E-state index contributed by atoms with van der Waals surface area (Å²) in [6, 6.07) is 16.5. The lowest BCUT2D eigenvalue weighted by Gasteiger charge is -2.14. The van der Waals surface area contributed by atoms with E-state index < -0.39 is 30.1 Å². The highest BCUT2D eigenvalue weighted by Gasteiger charge is 2.34. The van der Waals surface area contributed by atoms with Crippen LogP contribution in [0.5, 0.6) is 5.75 Å². The molecule has 0 bridgehead atoms. The molecule has 0 saturated carbocycles. The Hall–Kier alpha value is -3.70. The molecule has 0 aromatic heterocycles. The minimum Gasteiger partial charge on any atom is -0.484 e. The second-order valence-corrected chi connectivity index (χ2v) is 9.12. The van der Waals surface area contributed by atoms with E-state index in [0.29, 0.717) is 20.5 Å². The third kappa shape index (κ3) is 5.92. The number of halogens is 4. The summed E-state index contributed by atoms with van der Waals surface area (Å²) in [4.78, 5) is 26.7. The topological polar surface area (TPSA) is 58.6 Å². The predicted molar refractivity (Wildman–Crippen MR) is 134 cm³/mol. The molecule has 1 aliphatic rings. The van der Waals surface area contributed by atoms with E-state index in [1.54, 1.807) is 30.3 Å². The van der Waals surface area contributed by atoms with Crippen molar-refractivity contribution in [3.8, 4) is 5.75 Å². The van der Waals surface area contributed by atoms with Gasteiger partial charge in [0.1, 0.15) is 11.6 Å². The summed E-state index contributed by atoms with van der Waals surface area (Å²) < 4.78 is 58.3. The maximum Gasteiger partial charge on any atom is 0.418 e. The summed E-state index contributed by atoms with van der Waals surface area (Å²) in [5.74, 6) is -1.30. The molecule has 0 atom stereocenters. The smallest absolute Gasteiger partial charge is 0.418 e. The molecule has 1 saturated heterocycles. The van der Waals surface area contributed by atoms with Crippen LogP contribution in [0, 0.1) is 5.82 Å². The van der Waals surface area contributed by atoms with Crippen LogP contribution in [-0.4, -0.2) is 22.7 Å². The van der Waals surface area contributed by atoms with E-state index in [1.165, 1.54) is 41.3 Å². The van der Waals surface area contributed by atoms with Crippen molar-refractivity contribution in [3.05, 3.63) is 94.6 Å². The van der Waals surface area contributed by atoms with E-state index in [0.717, 1.165) is 23.9 Å².